The van der Waals surface area contributed by atoms with Crippen LogP contribution in [0.4, 0.5) is 0 Å². The molecule has 3 heteroatoms. The molecule has 2 rings (SSSR count). The third-order valence-electron chi connectivity index (χ3n) is 3.26. The van der Waals surface area contributed by atoms with Crippen LogP contribution < -0.4 is 5.32 Å². The van der Waals surface area contributed by atoms with Gasteiger partial charge < -0.3 is 9.88 Å². The van der Waals surface area contributed by atoms with Gasteiger partial charge in [0.1, 0.15) is 0 Å². The van der Waals surface area contributed by atoms with Crippen LogP contribution in [0.15, 0.2) is 12.5 Å². The van der Waals surface area contributed by atoms with E-state index >= 15 is 0 Å². The van der Waals surface area contributed by atoms with Crippen molar-refractivity contribution in [1.29, 1.82) is 0 Å². The smallest absolute Gasteiger partial charge is 0.0950 e. The van der Waals surface area contributed by atoms with Crippen LogP contribution in [0.3, 0.4) is 0 Å². The minimum atomic E-state index is 0.532. The molecule has 2 heterocycles. The van der Waals surface area contributed by atoms with Gasteiger partial charge in [-0.15, -0.1) is 0 Å². The predicted octanol–water partition coefficient (Wildman–Crippen LogP) is 2.01. The molecule has 0 aromatic carbocycles. The molecule has 0 aliphatic carbocycles. The molecule has 1 aromatic heterocycles. The van der Waals surface area contributed by atoms with Crippen molar-refractivity contribution >= 4 is 0 Å². The molecule has 1 N–H and O–H groups in total. The van der Waals surface area contributed by atoms with E-state index in [9.17, 15) is 0 Å². The van der Waals surface area contributed by atoms with E-state index in [-0.39, 0.29) is 0 Å². The number of nitrogens with zero attached hydrogens (tertiary/aromatic N) is 2. The molecular weight excluding hydrogens is 186 g/mol. The average molecular weight is 207 g/mol. The Morgan fingerprint density at radius 1 is 1.47 bits per heavy atom. The molecule has 1 aromatic rings. The maximum Gasteiger partial charge on any atom is 0.0950 e. The van der Waals surface area contributed by atoms with Gasteiger partial charge in [-0.3, -0.25) is 0 Å². The summed E-state index contributed by atoms with van der Waals surface area (Å²) in [5.74, 6) is 0.848. The second kappa shape index (κ2) is 4.79. The van der Waals surface area contributed by atoms with Gasteiger partial charge in [0.25, 0.3) is 0 Å². The fraction of sp³-hybridized carbons (Fsp3) is 0.750. The number of hydrogen-bond acceptors (Lipinski definition) is 2. The molecule has 3 nitrogen and oxygen atoms in total. The summed E-state index contributed by atoms with van der Waals surface area (Å²) in [6.07, 6.45) is 7.80. The van der Waals surface area contributed by atoms with Crippen molar-refractivity contribution in [3.05, 3.63) is 18.2 Å². The minimum Gasteiger partial charge on any atom is -0.332 e. The van der Waals surface area contributed by atoms with Crippen LogP contribution in [0.1, 0.15) is 38.4 Å². The first-order chi connectivity index (χ1) is 7.27. The quantitative estimate of drug-likeness (QED) is 0.821. The maximum atomic E-state index is 4.26. The van der Waals surface area contributed by atoms with Crippen molar-refractivity contribution in [1.82, 2.24) is 14.9 Å². The van der Waals surface area contributed by atoms with Crippen molar-refractivity contribution in [3.63, 3.8) is 0 Å². The van der Waals surface area contributed by atoms with Gasteiger partial charge in [0, 0.05) is 17.9 Å². The van der Waals surface area contributed by atoms with Gasteiger partial charge in [-0.1, -0.05) is 0 Å². The van der Waals surface area contributed by atoms with Gasteiger partial charge in [-0.05, 0) is 52.1 Å². The SMILES string of the molecule is CC(C)n1cncc1CC1CCNCC1. The summed E-state index contributed by atoms with van der Waals surface area (Å²) in [6, 6.07) is 0.532. The number of hydrogen-bond donors (Lipinski definition) is 1. The molecule has 84 valence electrons. The molecule has 0 radical (unpaired) electrons. The Balaban J connectivity index is 1.99. The Morgan fingerprint density at radius 2 is 2.20 bits per heavy atom. The lowest BCUT2D eigenvalue weighted by atomic mass is 9.93. The predicted molar refractivity (Wildman–Crippen MR) is 61.9 cm³/mol. The molecule has 1 aliphatic rings. The van der Waals surface area contributed by atoms with Gasteiger partial charge in [-0.2, -0.15) is 0 Å². The molecule has 0 saturated carbocycles. The monoisotopic (exact) mass is 207 g/mol. The van der Waals surface area contributed by atoms with Crippen molar-refractivity contribution in [3.8, 4) is 0 Å². The van der Waals surface area contributed by atoms with Crippen LogP contribution in [0.2, 0.25) is 0 Å². The summed E-state index contributed by atoms with van der Waals surface area (Å²) in [4.78, 5) is 4.26. The van der Waals surface area contributed by atoms with E-state index in [4.69, 9.17) is 0 Å². The highest BCUT2D eigenvalue weighted by Gasteiger charge is 2.16. The summed E-state index contributed by atoms with van der Waals surface area (Å²) in [5, 5.41) is 3.41. The molecule has 0 bridgehead atoms. The molecule has 0 amide bonds. The van der Waals surface area contributed by atoms with Gasteiger partial charge in [0.05, 0.1) is 6.33 Å². The second-order valence-electron chi connectivity index (χ2n) is 4.78. The van der Waals surface area contributed by atoms with Crippen LogP contribution >= 0.6 is 0 Å². The third-order valence-corrected chi connectivity index (χ3v) is 3.26. The molecule has 15 heavy (non-hydrogen) atoms. The average Bonchev–Trinajstić information content (AvgIpc) is 2.67. The van der Waals surface area contributed by atoms with Gasteiger partial charge >= 0.3 is 0 Å². The van der Waals surface area contributed by atoms with E-state index in [1.54, 1.807) is 0 Å². The van der Waals surface area contributed by atoms with Crippen LogP contribution in [0, 0.1) is 5.92 Å². The summed E-state index contributed by atoms with van der Waals surface area (Å²) in [6.45, 7) is 6.79. The first-order valence-corrected chi connectivity index (χ1v) is 5.99. The number of nitrogens with one attached hydrogen (secondary N) is 1. The van der Waals surface area contributed by atoms with E-state index in [0.717, 1.165) is 5.92 Å². The number of piperidine rings is 1. The topological polar surface area (TPSA) is 29.9 Å². The normalized spacial score (nSPS) is 18.6. The molecule has 0 spiro atoms. The van der Waals surface area contributed by atoms with Crippen LogP contribution in [-0.2, 0) is 6.42 Å². The Bertz CT molecular complexity index is 298. The zero-order chi connectivity index (χ0) is 10.7. The van der Waals surface area contributed by atoms with Crippen molar-refractivity contribution in [2.45, 2.75) is 39.2 Å². The highest BCUT2D eigenvalue weighted by atomic mass is 15.1. The standard InChI is InChI=1S/C12H21N3/c1-10(2)15-9-14-8-12(15)7-11-3-5-13-6-4-11/h8-11,13H,3-7H2,1-2H3. The number of imidazole rings is 1. The summed E-state index contributed by atoms with van der Waals surface area (Å²) >= 11 is 0. The highest BCUT2D eigenvalue weighted by molar-refractivity contribution is 5.01. The zero-order valence-electron chi connectivity index (χ0n) is 9.74. The lowest BCUT2D eigenvalue weighted by Crippen LogP contribution is -2.29. The third kappa shape index (κ3) is 2.59. The second-order valence-corrected chi connectivity index (χ2v) is 4.78. The van der Waals surface area contributed by atoms with E-state index < -0.39 is 0 Å². The fourth-order valence-electron chi connectivity index (χ4n) is 2.34. The van der Waals surface area contributed by atoms with Crippen LogP contribution in [0.25, 0.3) is 0 Å². The molecule has 1 aliphatic heterocycles. The molecule has 0 atom stereocenters. The number of rotatable bonds is 3. The Labute approximate surface area is 91.9 Å². The van der Waals surface area contributed by atoms with Gasteiger partial charge in [0.2, 0.25) is 0 Å². The number of aromatic nitrogens is 2. The van der Waals surface area contributed by atoms with E-state index in [0.29, 0.717) is 6.04 Å². The summed E-state index contributed by atoms with van der Waals surface area (Å²) in [7, 11) is 0. The Morgan fingerprint density at radius 3 is 2.87 bits per heavy atom. The zero-order valence-corrected chi connectivity index (χ0v) is 9.74. The lowest BCUT2D eigenvalue weighted by molar-refractivity contribution is 0.363. The first-order valence-electron chi connectivity index (χ1n) is 5.99. The van der Waals surface area contributed by atoms with Crippen LogP contribution in [-0.4, -0.2) is 22.6 Å². The molecule has 1 fully saturated rings. The van der Waals surface area contributed by atoms with Gasteiger partial charge in [-0.25, -0.2) is 4.98 Å². The van der Waals surface area contributed by atoms with E-state index in [1.165, 1.54) is 38.0 Å². The minimum absolute atomic E-state index is 0.532. The maximum absolute atomic E-state index is 4.26. The summed E-state index contributed by atoms with van der Waals surface area (Å²) in [5.41, 5.74) is 1.40. The van der Waals surface area contributed by atoms with Crippen molar-refractivity contribution in [2.75, 3.05) is 13.1 Å². The van der Waals surface area contributed by atoms with Gasteiger partial charge in [0.15, 0.2) is 0 Å². The summed E-state index contributed by atoms with van der Waals surface area (Å²) < 4.78 is 2.29. The van der Waals surface area contributed by atoms with E-state index in [2.05, 4.69) is 28.7 Å². The van der Waals surface area contributed by atoms with Crippen molar-refractivity contribution < 1.29 is 0 Å². The van der Waals surface area contributed by atoms with Crippen LogP contribution in [0.5, 0.6) is 0 Å². The van der Waals surface area contributed by atoms with E-state index in [1.807, 2.05) is 12.5 Å². The molecule has 1 saturated heterocycles. The Kier molecular flexibility index (Phi) is 3.41. The molecule has 0 unspecified atom stereocenters. The lowest BCUT2D eigenvalue weighted by Gasteiger charge is -2.23. The largest absolute Gasteiger partial charge is 0.332 e. The Hall–Kier alpha value is -0.830. The highest BCUT2D eigenvalue weighted by Crippen LogP contribution is 2.19. The van der Waals surface area contributed by atoms with Crippen molar-refractivity contribution in [2.24, 2.45) is 5.92 Å². The fourth-order valence-corrected chi connectivity index (χ4v) is 2.34. The first kappa shape index (κ1) is 10.7. The molecular formula is C12H21N3.